The summed E-state index contributed by atoms with van der Waals surface area (Å²) in [4.78, 5) is 16.2. The number of amides is 1. The van der Waals surface area contributed by atoms with Gasteiger partial charge in [-0.15, -0.1) is 0 Å². The van der Waals surface area contributed by atoms with E-state index in [2.05, 4.69) is 10.3 Å². The van der Waals surface area contributed by atoms with Gasteiger partial charge in [-0.1, -0.05) is 25.1 Å². The van der Waals surface area contributed by atoms with Crippen LogP contribution in [0.4, 0.5) is 5.69 Å². The number of nitrogens with zero attached hydrogens (tertiary/aromatic N) is 1. The Labute approximate surface area is 125 Å². The molecule has 0 saturated carbocycles. The van der Waals surface area contributed by atoms with E-state index >= 15 is 0 Å². The summed E-state index contributed by atoms with van der Waals surface area (Å²) in [7, 11) is 0. The first kappa shape index (κ1) is 15.0. The van der Waals surface area contributed by atoms with Gasteiger partial charge in [0.25, 0.3) is 0 Å². The lowest BCUT2D eigenvalue weighted by molar-refractivity contribution is -0.122. The summed E-state index contributed by atoms with van der Waals surface area (Å²) >= 11 is 0. The van der Waals surface area contributed by atoms with Gasteiger partial charge in [0.05, 0.1) is 6.04 Å². The fraction of sp³-hybridized carbons (Fsp3) is 0.294. The maximum atomic E-state index is 12.1. The number of carbonyl (C=O) groups excluding carboxylic acids is 1. The van der Waals surface area contributed by atoms with E-state index in [0.29, 0.717) is 6.42 Å². The van der Waals surface area contributed by atoms with Crippen LogP contribution < -0.4 is 11.1 Å². The summed E-state index contributed by atoms with van der Waals surface area (Å²) in [6.45, 7) is 4.00. The standard InChI is InChI=1S/C17H21N3O/c1-12(14-5-7-16(18)8-6-14)10-17(21)20-13(2)15-4-3-9-19-11-15/h3-9,11-13H,10,18H2,1-2H3,(H,20,21)/t12?,13-/m1/s1. The molecule has 1 aromatic heterocycles. The molecule has 1 unspecified atom stereocenters. The number of hydrogen-bond acceptors (Lipinski definition) is 3. The lowest BCUT2D eigenvalue weighted by Crippen LogP contribution is -2.27. The van der Waals surface area contributed by atoms with Crippen molar-refractivity contribution in [2.24, 2.45) is 0 Å². The Hall–Kier alpha value is -2.36. The van der Waals surface area contributed by atoms with Gasteiger partial charge in [0, 0.05) is 24.5 Å². The van der Waals surface area contributed by atoms with Crippen LogP contribution in [0, 0.1) is 0 Å². The maximum Gasteiger partial charge on any atom is 0.221 e. The van der Waals surface area contributed by atoms with E-state index in [0.717, 1.165) is 16.8 Å². The van der Waals surface area contributed by atoms with Gasteiger partial charge in [0.15, 0.2) is 0 Å². The molecule has 1 aromatic carbocycles. The van der Waals surface area contributed by atoms with Crippen LogP contribution in [0.15, 0.2) is 48.8 Å². The van der Waals surface area contributed by atoms with Crippen LogP contribution in [-0.4, -0.2) is 10.9 Å². The van der Waals surface area contributed by atoms with Crippen molar-refractivity contribution in [2.75, 3.05) is 5.73 Å². The Morgan fingerprint density at radius 1 is 1.19 bits per heavy atom. The van der Waals surface area contributed by atoms with E-state index in [4.69, 9.17) is 5.73 Å². The molecule has 0 aliphatic heterocycles. The normalized spacial score (nSPS) is 13.4. The highest BCUT2D eigenvalue weighted by Crippen LogP contribution is 2.20. The van der Waals surface area contributed by atoms with Crippen molar-refractivity contribution in [3.63, 3.8) is 0 Å². The maximum absolute atomic E-state index is 12.1. The first-order chi connectivity index (χ1) is 10.1. The van der Waals surface area contributed by atoms with Gasteiger partial charge in [-0.25, -0.2) is 0 Å². The Morgan fingerprint density at radius 3 is 2.52 bits per heavy atom. The van der Waals surface area contributed by atoms with Gasteiger partial charge >= 0.3 is 0 Å². The zero-order chi connectivity index (χ0) is 15.2. The van der Waals surface area contributed by atoms with Gasteiger partial charge in [0.2, 0.25) is 5.91 Å². The number of aromatic nitrogens is 1. The predicted octanol–water partition coefficient (Wildman–Crippen LogP) is 3.03. The van der Waals surface area contributed by atoms with Crippen molar-refractivity contribution >= 4 is 11.6 Å². The quantitative estimate of drug-likeness (QED) is 0.829. The molecular weight excluding hydrogens is 262 g/mol. The SMILES string of the molecule is CC(CC(=O)N[C@H](C)c1cccnc1)c1ccc(N)cc1. The lowest BCUT2D eigenvalue weighted by atomic mass is 9.97. The van der Waals surface area contributed by atoms with E-state index in [9.17, 15) is 4.79 Å². The summed E-state index contributed by atoms with van der Waals surface area (Å²) in [5, 5.41) is 3.00. The van der Waals surface area contributed by atoms with Crippen LogP contribution in [0.1, 0.15) is 43.4 Å². The van der Waals surface area contributed by atoms with Crippen molar-refractivity contribution in [1.29, 1.82) is 0 Å². The van der Waals surface area contributed by atoms with Crippen LogP contribution in [0.5, 0.6) is 0 Å². The van der Waals surface area contributed by atoms with Crippen molar-refractivity contribution in [3.8, 4) is 0 Å². The van der Waals surface area contributed by atoms with Gasteiger partial charge in [0.1, 0.15) is 0 Å². The van der Waals surface area contributed by atoms with Crippen LogP contribution >= 0.6 is 0 Å². The van der Waals surface area contributed by atoms with Crippen LogP contribution in [-0.2, 0) is 4.79 Å². The van der Waals surface area contributed by atoms with Gasteiger partial charge < -0.3 is 11.1 Å². The lowest BCUT2D eigenvalue weighted by Gasteiger charge is -2.16. The van der Waals surface area contributed by atoms with E-state index < -0.39 is 0 Å². The number of nitrogen functional groups attached to an aromatic ring is 1. The highest BCUT2D eigenvalue weighted by molar-refractivity contribution is 5.77. The second-order valence-electron chi connectivity index (χ2n) is 5.35. The molecule has 0 aliphatic rings. The topological polar surface area (TPSA) is 68.0 Å². The third-order valence-corrected chi connectivity index (χ3v) is 3.56. The number of nitrogens with one attached hydrogen (secondary N) is 1. The fourth-order valence-electron chi connectivity index (χ4n) is 2.24. The first-order valence-corrected chi connectivity index (χ1v) is 7.11. The Balaban J connectivity index is 1.91. The predicted molar refractivity (Wildman–Crippen MR) is 84.7 cm³/mol. The Kier molecular flexibility index (Phi) is 4.93. The number of nitrogens with two attached hydrogens (primary N) is 1. The highest BCUT2D eigenvalue weighted by Gasteiger charge is 2.14. The molecule has 3 N–H and O–H groups in total. The molecule has 21 heavy (non-hydrogen) atoms. The third kappa shape index (κ3) is 4.31. The van der Waals surface area contributed by atoms with Gasteiger partial charge in [-0.05, 0) is 42.2 Å². The zero-order valence-electron chi connectivity index (χ0n) is 12.4. The number of hydrogen-bond donors (Lipinski definition) is 2. The van der Waals surface area contributed by atoms with Crippen molar-refractivity contribution in [3.05, 3.63) is 59.9 Å². The molecule has 110 valence electrons. The smallest absolute Gasteiger partial charge is 0.221 e. The van der Waals surface area contributed by atoms with E-state index in [1.807, 2.05) is 50.2 Å². The second kappa shape index (κ2) is 6.88. The average Bonchev–Trinajstić information content (AvgIpc) is 2.48. The van der Waals surface area contributed by atoms with Crippen LogP contribution in [0.3, 0.4) is 0 Å². The van der Waals surface area contributed by atoms with E-state index in [-0.39, 0.29) is 17.9 Å². The van der Waals surface area contributed by atoms with Crippen molar-refractivity contribution in [1.82, 2.24) is 10.3 Å². The molecule has 4 heteroatoms. The molecule has 0 spiro atoms. The summed E-state index contributed by atoms with van der Waals surface area (Å²) in [5.41, 5.74) is 8.53. The highest BCUT2D eigenvalue weighted by atomic mass is 16.1. The summed E-state index contributed by atoms with van der Waals surface area (Å²) in [6, 6.07) is 11.5. The molecule has 0 bridgehead atoms. The molecule has 4 nitrogen and oxygen atoms in total. The molecule has 2 atom stereocenters. The molecular formula is C17H21N3O. The fourth-order valence-corrected chi connectivity index (χ4v) is 2.24. The molecule has 0 radical (unpaired) electrons. The monoisotopic (exact) mass is 283 g/mol. The zero-order valence-corrected chi connectivity index (χ0v) is 12.4. The summed E-state index contributed by atoms with van der Waals surface area (Å²) < 4.78 is 0. The number of pyridine rings is 1. The minimum atomic E-state index is -0.0372. The van der Waals surface area contributed by atoms with Gasteiger partial charge in [-0.3, -0.25) is 9.78 Å². The Morgan fingerprint density at radius 2 is 1.90 bits per heavy atom. The molecule has 1 heterocycles. The minimum absolute atomic E-state index is 0.0372. The minimum Gasteiger partial charge on any atom is -0.399 e. The third-order valence-electron chi connectivity index (χ3n) is 3.56. The summed E-state index contributed by atoms with van der Waals surface area (Å²) in [5.74, 6) is 0.197. The molecule has 2 rings (SSSR count). The average molecular weight is 283 g/mol. The number of rotatable bonds is 5. The molecule has 2 aromatic rings. The molecule has 1 amide bonds. The summed E-state index contributed by atoms with van der Waals surface area (Å²) in [6.07, 6.45) is 3.95. The largest absolute Gasteiger partial charge is 0.399 e. The molecule has 0 fully saturated rings. The van der Waals surface area contributed by atoms with E-state index in [1.165, 1.54) is 0 Å². The van der Waals surface area contributed by atoms with Gasteiger partial charge in [-0.2, -0.15) is 0 Å². The first-order valence-electron chi connectivity index (χ1n) is 7.11. The van der Waals surface area contributed by atoms with Crippen LogP contribution in [0.25, 0.3) is 0 Å². The number of carbonyl (C=O) groups is 1. The number of benzene rings is 1. The van der Waals surface area contributed by atoms with E-state index in [1.54, 1.807) is 12.4 Å². The van der Waals surface area contributed by atoms with Crippen molar-refractivity contribution < 1.29 is 4.79 Å². The van der Waals surface area contributed by atoms with Crippen molar-refractivity contribution in [2.45, 2.75) is 32.2 Å². The van der Waals surface area contributed by atoms with Crippen LogP contribution in [0.2, 0.25) is 0 Å². The second-order valence-corrected chi connectivity index (χ2v) is 5.35. The Bertz CT molecular complexity index is 581. The molecule has 0 saturated heterocycles. The molecule has 0 aliphatic carbocycles. The number of anilines is 1.